The molecule has 0 bridgehead atoms. The predicted molar refractivity (Wildman–Crippen MR) is 33.8 cm³/mol. The highest BCUT2D eigenvalue weighted by Crippen LogP contribution is 2.57. The average molecular weight is 147 g/mol. The van der Waals surface area contributed by atoms with Gasteiger partial charge in [-0.2, -0.15) is 0 Å². The molecule has 2 atom stereocenters. The normalized spacial score (nSPS) is 50.1. The molecule has 0 heterocycles. The van der Waals surface area contributed by atoms with Crippen molar-refractivity contribution in [1.29, 1.82) is 0 Å². The van der Waals surface area contributed by atoms with Crippen molar-refractivity contribution in [2.24, 2.45) is 11.7 Å². The Kier molecular flexibility index (Phi) is 0.994. The van der Waals surface area contributed by atoms with Crippen LogP contribution in [0.4, 0.5) is 8.78 Å². The Bertz CT molecular complexity index is 169. The average Bonchev–Trinajstić information content (AvgIpc) is 2.06. The Morgan fingerprint density at radius 2 is 2.10 bits per heavy atom. The lowest BCUT2D eigenvalue weighted by atomic mass is 9.66. The summed E-state index contributed by atoms with van der Waals surface area (Å²) in [7, 11) is 0. The van der Waals surface area contributed by atoms with Crippen molar-refractivity contribution >= 4 is 0 Å². The summed E-state index contributed by atoms with van der Waals surface area (Å²) in [5.74, 6) is -2.94. The molecule has 0 amide bonds. The van der Waals surface area contributed by atoms with Gasteiger partial charge in [-0.15, -0.1) is 0 Å². The van der Waals surface area contributed by atoms with E-state index in [-0.39, 0.29) is 6.42 Å². The van der Waals surface area contributed by atoms with Gasteiger partial charge in [-0.1, -0.05) is 6.42 Å². The van der Waals surface area contributed by atoms with Crippen LogP contribution >= 0.6 is 0 Å². The first-order valence-corrected chi connectivity index (χ1v) is 3.71. The fourth-order valence-corrected chi connectivity index (χ4v) is 2.37. The van der Waals surface area contributed by atoms with Gasteiger partial charge in [0.25, 0.3) is 5.92 Å². The maximum Gasteiger partial charge on any atom is 0.254 e. The van der Waals surface area contributed by atoms with Gasteiger partial charge in [0.15, 0.2) is 0 Å². The van der Waals surface area contributed by atoms with Crippen molar-refractivity contribution < 1.29 is 8.78 Å². The van der Waals surface area contributed by atoms with Crippen LogP contribution in [0.2, 0.25) is 0 Å². The molecular formula is C7H11F2N. The highest BCUT2D eigenvalue weighted by Gasteiger charge is 2.65. The van der Waals surface area contributed by atoms with Crippen LogP contribution in [0, 0.1) is 5.92 Å². The van der Waals surface area contributed by atoms with Gasteiger partial charge in [0, 0.05) is 17.9 Å². The van der Waals surface area contributed by atoms with Gasteiger partial charge >= 0.3 is 0 Å². The van der Waals surface area contributed by atoms with E-state index in [0.717, 1.165) is 12.8 Å². The van der Waals surface area contributed by atoms with Crippen LogP contribution in [0.1, 0.15) is 25.7 Å². The third-order valence-electron chi connectivity index (χ3n) is 2.90. The fraction of sp³-hybridized carbons (Fsp3) is 1.00. The molecule has 2 aliphatic rings. The zero-order valence-electron chi connectivity index (χ0n) is 5.74. The number of rotatable bonds is 0. The minimum absolute atomic E-state index is 0.0787. The summed E-state index contributed by atoms with van der Waals surface area (Å²) in [6, 6.07) is 0. The maximum absolute atomic E-state index is 12.7. The summed E-state index contributed by atoms with van der Waals surface area (Å²) in [5, 5.41) is 0. The third kappa shape index (κ3) is 0.590. The number of hydrogen-bond acceptors (Lipinski definition) is 1. The third-order valence-corrected chi connectivity index (χ3v) is 2.90. The van der Waals surface area contributed by atoms with Gasteiger partial charge < -0.3 is 5.73 Å². The van der Waals surface area contributed by atoms with E-state index in [1.165, 1.54) is 0 Å². The zero-order chi connectivity index (χ0) is 7.41. The second-order valence-corrected chi connectivity index (χ2v) is 3.62. The molecule has 58 valence electrons. The van der Waals surface area contributed by atoms with Crippen LogP contribution in [-0.4, -0.2) is 11.5 Å². The van der Waals surface area contributed by atoms with Crippen molar-refractivity contribution in [1.82, 2.24) is 0 Å². The first-order chi connectivity index (χ1) is 4.55. The van der Waals surface area contributed by atoms with Gasteiger partial charge in [0.2, 0.25) is 0 Å². The van der Waals surface area contributed by atoms with Crippen LogP contribution in [-0.2, 0) is 0 Å². The lowest BCUT2D eigenvalue weighted by molar-refractivity contribution is -0.171. The lowest BCUT2D eigenvalue weighted by Crippen LogP contribution is -2.63. The Hall–Kier alpha value is -0.180. The van der Waals surface area contributed by atoms with Crippen LogP contribution in [0.25, 0.3) is 0 Å². The highest BCUT2D eigenvalue weighted by molar-refractivity contribution is 5.13. The molecular weight excluding hydrogens is 136 g/mol. The monoisotopic (exact) mass is 147 g/mol. The fourth-order valence-electron chi connectivity index (χ4n) is 2.37. The topological polar surface area (TPSA) is 26.0 Å². The van der Waals surface area contributed by atoms with Gasteiger partial charge in [-0.3, -0.25) is 0 Å². The minimum Gasteiger partial charge on any atom is -0.324 e. The van der Waals surface area contributed by atoms with Gasteiger partial charge in [-0.05, 0) is 12.8 Å². The predicted octanol–water partition coefficient (Wildman–Crippen LogP) is 1.52. The summed E-state index contributed by atoms with van der Waals surface area (Å²) in [5.41, 5.74) is 5.22. The number of hydrogen-bond donors (Lipinski definition) is 1. The highest BCUT2D eigenvalue weighted by atomic mass is 19.3. The number of alkyl halides is 2. The van der Waals surface area contributed by atoms with E-state index in [1.807, 2.05) is 0 Å². The van der Waals surface area contributed by atoms with Crippen LogP contribution < -0.4 is 5.73 Å². The van der Waals surface area contributed by atoms with Gasteiger partial charge in [0.1, 0.15) is 0 Å². The first-order valence-electron chi connectivity index (χ1n) is 3.71. The Balaban J connectivity index is 2.18. The minimum atomic E-state index is -2.44. The van der Waals surface area contributed by atoms with Crippen molar-refractivity contribution in [3.63, 3.8) is 0 Å². The molecule has 3 heteroatoms. The summed E-state index contributed by atoms with van der Waals surface area (Å²) < 4.78 is 25.3. The molecule has 2 fully saturated rings. The largest absolute Gasteiger partial charge is 0.324 e. The van der Waals surface area contributed by atoms with Crippen molar-refractivity contribution in [2.45, 2.75) is 37.1 Å². The van der Waals surface area contributed by atoms with E-state index in [2.05, 4.69) is 0 Å². The van der Waals surface area contributed by atoms with Gasteiger partial charge in [-0.25, -0.2) is 8.78 Å². The first kappa shape index (κ1) is 6.53. The van der Waals surface area contributed by atoms with E-state index in [0.29, 0.717) is 6.42 Å². The molecule has 2 saturated carbocycles. The summed E-state index contributed by atoms with van der Waals surface area (Å²) in [6.45, 7) is 0. The van der Waals surface area contributed by atoms with Crippen molar-refractivity contribution in [3.8, 4) is 0 Å². The molecule has 2 unspecified atom stereocenters. The summed E-state index contributed by atoms with van der Waals surface area (Å²) in [4.78, 5) is 0. The number of halogens is 2. The Labute approximate surface area is 58.6 Å². The smallest absolute Gasteiger partial charge is 0.254 e. The quantitative estimate of drug-likeness (QED) is 0.552. The van der Waals surface area contributed by atoms with Crippen LogP contribution in [0.5, 0.6) is 0 Å². The molecule has 0 saturated heterocycles. The van der Waals surface area contributed by atoms with E-state index in [4.69, 9.17) is 5.73 Å². The van der Waals surface area contributed by atoms with E-state index in [1.54, 1.807) is 0 Å². The molecule has 0 aliphatic heterocycles. The van der Waals surface area contributed by atoms with E-state index < -0.39 is 17.4 Å². The standard InChI is InChI=1S/C7H11F2N/c8-7(9)4-6(10)3-1-2-5(6)7/h5H,1-4,10H2. The van der Waals surface area contributed by atoms with Gasteiger partial charge in [0.05, 0.1) is 0 Å². The molecule has 2 aliphatic carbocycles. The summed E-state index contributed by atoms with van der Waals surface area (Å²) in [6.07, 6.45) is 2.23. The molecule has 0 radical (unpaired) electrons. The lowest BCUT2D eigenvalue weighted by Gasteiger charge is -2.48. The van der Waals surface area contributed by atoms with Crippen LogP contribution in [0.15, 0.2) is 0 Å². The van der Waals surface area contributed by atoms with Crippen molar-refractivity contribution in [3.05, 3.63) is 0 Å². The molecule has 0 spiro atoms. The molecule has 1 nitrogen and oxygen atoms in total. The number of nitrogens with two attached hydrogens (primary N) is 1. The molecule has 10 heavy (non-hydrogen) atoms. The van der Waals surface area contributed by atoms with E-state index in [9.17, 15) is 8.78 Å². The maximum atomic E-state index is 12.7. The number of fused-ring (bicyclic) bond motifs is 1. The molecule has 0 aromatic heterocycles. The Morgan fingerprint density at radius 1 is 1.40 bits per heavy atom. The zero-order valence-corrected chi connectivity index (χ0v) is 5.74. The second-order valence-electron chi connectivity index (χ2n) is 3.62. The molecule has 0 aromatic rings. The molecule has 2 N–H and O–H groups in total. The molecule has 0 aromatic carbocycles. The van der Waals surface area contributed by atoms with Crippen LogP contribution in [0.3, 0.4) is 0 Å². The van der Waals surface area contributed by atoms with Crippen molar-refractivity contribution in [2.75, 3.05) is 0 Å². The van der Waals surface area contributed by atoms with E-state index >= 15 is 0 Å². The summed E-state index contributed by atoms with van der Waals surface area (Å²) >= 11 is 0. The SMILES string of the molecule is NC12CCCC1C(F)(F)C2. The Morgan fingerprint density at radius 3 is 2.50 bits per heavy atom. The molecule has 2 rings (SSSR count). The second kappa shape index (κ2) is 1.52.